The molecule has 1 rings (SSSR count). The molecular weight excluding hydrogens is 246 g/mol. The molecule has 0 aromatic carbocycles. The molecule has 0 bridgehead atoms. The van der Waals surface area contributed by atoms with Crippen LogP contribution >= 0.6 is 11.8 Å². The number of thioether (sulfide) groups is 1. The Morgan fingerprint density at radius 3 is 2.67 bits per heavy atom. The van der Waals surface area contributed by atoms with E-state index < -0.39 is 0 Å². The van der Waals surface area contributed by atoms with Crippen LogP contribution in [0.5, 0.6) is 0 Å². The van der Waals surface area contributed by atoms with Gasteiger partial charge in [-0.05, 0) is 25.3 Å². The Labute approximate surface area is 114 Å². The van der Waals surface area contributed by atoms with Gasteiger partial charge >= 0.3 is 0 Å². The van der Waals surface area contributed by atoms with Crippen molar-refractivity contribution in [2.75, 3.05) is 6.54 Å². The zero-order valence-corrected chi connectivity index (χ0v) is 12.7. The second-order valence-corrected chi connectivity index (χ2v) is 7.53. The first-order chi connectivity index (χ1) is 8.40. The third-order valence-electron chi connectivity index (χ3n) is 2.65. The molecule has 0 saturated carbocycles. The van der Waals surface area contributed by atoms with Gasteiger partial charge < -0.3 is 10.3 Å². The molecular formula is C13H25N3OS. The highest BCUT2D eigenvalue weighted by atomic mass is 32.2. The average molecular weight is 271 g/mol. The van der Waals surface area contributed by atoms with Crippen LogP contribution in [0.15, 0.2) is 4.52 Å². The van der Waals surface area contributed by atoms with Crippen molar-refractivity contribution in [3.63, 3.8) is 0 Å². The Bertz CT molecular complexity index is 346. The predicted octanol–water partition coefficient (Wildman–Crippen LogP) is 3.02. The van der Waals surface area contributed by atoms with Crippen LogP contribution in [0.2, 0.25) is 0 Å². The third-order valence-corrected chi connectivity index (χ3v) is 3.92. The minimum absolute atomic E-state index is 0.233. The van der Waals surface area contributed by atoms with Crippen LogP contribution in [0.4, 0.5) is 0 Å². The quantitative estimate of drug-likeness (QED) is 0.825. The Hall–Kier alpha value is -0.550. The summed E-state index contributed by atoms with van der Waals surface area (Å²) in [6.45, 7) is 9.52. The van der Waals surface area contributed by atoms with Crippen molar-refractivity contribution in [1.82, 2.24) is 10.1 Å². The highest BCUT2D eigenvalue weighted by molar-refractivity contribution is 7.99. The van der Waals surface area contributed by atoms with Gasteiger partial charge in [0.05, 0.1) is 5.75 Å². The summed E-state index contributed by atoms with van der Waals surface area (Å²) in [5.41, 5.74) is 5.53. The van der Waals surface area contributed by atoms with E-state index in [4.69, 9.17) is 10.3 Å². The second-order valence-electron chi connectivity index (χ2n) is 5.73. The van der Waals surface area contributed by atoms with E-state index in [0.29, 0.717) is 5.92 Å². The molecule has 5 heteroatoms. The summed E-state index contributed by atoms with van der Waals surface area (Å²) in [4.78, 5) is 4.42. The number of aromatic nitrogens is 2. The molecule has 0 aliphatic heterocycles. The van der Waals surface area contributed by atoms with Crippen LogP contribution in [0.25, 0.3) is 0 Å². The molecule has 0 fully saturated rings. The van der Waals surface area contributed by atoms with Gasteiger partial charge in [-0.2, -0.15) is 4.98 Å². The fraction of sp³-hybridized carbons (Fsp3) is 0.846. The molecule has 1 unspecified atom stereocenters. The van der Waals surface area contributed by atoms with E-state index in [9.17, 15) is 0 Å². The summed E-state index contributed by atoms with van der Waals surface area (Å²) in [5.74, 6) is 2.99. The van der Waals surface area contributed by atoms with Gasteiger partial charge in [-0.3, -0.25) is 0 Å². The minimum Gasteiger partial charge on any atom is -0.339 e. The molecule has 0 aliphatic rings. The van der Waals surface area contributed by atoms with E-state index in [-0.39, 0.29) is 4.75 Å². The summed E-state index contributed by atoms with van der Waals surface area (Å²) in [5, 5.41) is 4.01. The Morgan fingerprint density at radius 2 is 2.06 bits per heavy atom. The molecule has 1 heterocycles. The van der Waals surface area contributed by atoms with E-state index in [1.807, 2.05) is 11.8 Å². The topological polar surface area (TPSA) is 64.9 Å². The van der Waals surface area contributed by atoms with Gasteiger partial charge in [-0.15, -0.1) is 11.8 Å². The zero-order chi connectivity index (χ0) is 13.6. The molecule has 0 radical (unpaired) electrons. The zero-order valence-electron chi connectivity index (χ0n) is 11.9. The lowest BCUT2D eigenvalue weighted by molar-refractivity contribution is 0.359. The first kappa shape index (κ1) is 15.5. The summed E-state index contributed by atoms with van der Waals surface area (Å²) in [6.07, 6.45) is 2.97. The monoisotopic (exact) mass is 271 g/mol. The van der Waals surface area contributed by atoms with Gasteiger partial charge in [0.15, 0.2) is 5.82 Å². The minimum atomic E-state index is 0.233. The molecule has 0 amide bonds. The smallest absolute Gasteiger partial charge is 0.226 e. The van der Waals surface area contributed by atoms with Gasteiger partial charge in [0.1, 0.15) is 0 Å². The van der Waals surface area contributed by atoms with E-state index in [2.05, 4.69) is 37.8 Å². The lowest BCUT2D eigenvalue weighted by atomic mass is 10.0. The van der Waals surface area contributed by atoms with E-state index in [1.54, 1.807) is 0 Å². The maximum atomic E-state index is 5.53. The lowest BCUT2D eigenvalue weighted by Gasteiger charge is -2.15. The number of hydrogen-bond donors (Lipinski definition) is 1. The highest BCUT2D eigenvalue weighted by Gasteiger charge is 2.14. The van der Waals surface area contributed by atoms with Crippen molar-refractivity contribution >= 4 is 11.8 Å². The van der Waals surface area contributed by atoms with Crippen molar-refractivity contribution in [1.29, 1.82) is 0 Å². The molecule has 18 heavy (non-hydrogen) atoms. The van der Waals surface area contributed by atoms with Gasteiger partial charge in [0.2, 0.25) is 5.89 Å². The lowest BCUT2D eigenvalue weighted by Crippen LogP contribution is -2.08. The molecule has 104 valence electrons. The summed E-state index contributed by atoms with van der Waals surface area (Å²) >= 11 is 1.83. The van der Waals surface area contributed by atoms with Crippen molar-refractivity contribution in [2.24, 2.45) is 11.7 Å². The second kappa shape index (κ2) is 7.14. The first-order valence-corrected chi connectivity index (χ1v) is 7.55. The van der Waals surface area contributed by atoms with Gasteiger partial charge in [0.25, 0.3) is 0 Å². The van der Waals surface area contributed by atoms with Gasteiger partial charge in [-0.25, -0.2) is 0 Å². The number of nitrogens with two attached hydrogens (primary N) is 1. The first-order valence-electron chi connectivity index (χ1n) is 6.56. The fourth-order valence-corrected chi connectivity index (χ4v) is 2.21. The van der Waals surface area contributed by atoms with Crippen molar-refractivity contribution in [3.05, 3.63) is 11.7 Å². The van der Waals surface area contributed by atoms with Crippen LogP contribution in [0, 0.1) is 5.92 Å². The third kappa shape index (κ3) is 6.40. The number of rotatable bonds is 7. The van der Waals surface area contributed by atoms with Crippen LogP contribution in [-0.4, -0.2) is 21.4 Å². The molecule has 4 nitrogen and oxygen atoms in total. The maximum Gasteiger partial charge on any atom is 0.226 e. The maximum absolute atomic E-state index is 5.53. The van der Waals surface area contributed by atoms with Gasteiger partial charge in [-0.1, -0.05) is 32.9 Å². The number of aryl methyl sites for hydroxylation is 1. The fourth-order valence-electron chi connectivity index (χ4n) is 1.53. The number of hydrogen-bond acceptors (Lipinski definition) is 5. The number of nitrogens with zero attached hydrogens (tertiary/aromatic N) is 2. The van der Waals surface area contributed by atoms with E-state index in [1.165, 1.54) is 0 Å². The molecule has 0 aliphatic carbocycles. The van der Waals surface area contributed by atoms with Crippen LogP contribution in [0.3, 0.4) is 0 Å². The average Bonchev–Trinajstić information content (AvgIpc) is 2.71. The van der Waals surface area contributed by atoms with Gasteiger partial charge in [0, 0.05) is 11.2 Å². The molecule has 1 aromatic heterocycles. The summed E-state index contributed by atoms with van der Waals surface area (Å²) in [7, 11) is 0. The molecule has 2 N–H and O–H groups in total. The van der Waals surface area contributed by atoms with Crippen LogP contribution in [-0.2, 0) is 12.2 Å². The predicted molar refractivity (Wildman–Crippen MR) is 76.5 cm³/mol. The normalized spacial score (nSPS) is 13.8. The molecule has 0 spiro atoms. The Balaban J connectivity index is 2.34. The van der Waals surface area contributed by atoms with Crippen molar-refractivity contribution in [2.45, 2.75) is 57.5 Å². The molecule has 1 aromatic rings. The van der Waals surface area contributed by atoms with E-state index >= 15 is 0 Å². The standard InChI is InChI=1S/C13H25N3OS/c1-10(7-8-14)5-6-12-15-11(16-17-12)9-18-13(2,3)4/h10H,5-9,14H2,1-4H3. The largest absolute Gasteiger partial charge is 0.339 e. The molecule has 1 atom stereocenters. The van der Waals surface area contributed by atoms with E-state index in [0.717, 1.165) is 43.3 Å². The van der Waals surface area contributed by atoms with Crippen molar-refractivity contribution in [3.8, 4) is 0 Å². The Morgan fingerprint density at radius 1 is 1.33 bits per heavy atom. The highest BCUT2D eigenvalue weighted by Crippen LogP contribution is 2.26. The molecule has 0 saturated heterocycles. The SMILES string of the molecule is CC(CCN)CCc1nc(CSC(C)(C)C)no1. The Kier molecular flexibility index (Phi) is 6.15. The van der Waals surface area contributed by atoms with Crippen molar-refractivity contribution < 1.29 is 4.52 Å². The van der Waals surface area contributed by atoms with Crippen LogP contribution in [0.1, 0.15) is 52.3 Å². The summed E-state index contributed by atoms with van der Waals surface area (Å²) < 4.78 is 5.49. The summed E-state index contributed by atoms with van der Waals surface area (Å²) in [6, 6.07) is 0. The van der Waals surface area contributed by atoms with Crippen LogP contribution < -0.4 is 5.73 Å².